The first-order valence-corrected chi connectivity index (χ1v) is 7.67. The summed E-state index contributed by atoms with van der Waals surface area (Å²) in [5.41, 5.74) is 7.08. The summed E-state index contributed by atoms with van der Waals surface area (Å²) in [6.45, 7) is 3.31. The number of nitrogens with zero attached hydrogens (tertiary/aromatic N) is 1. The first-order valence-electron chi connectivity index (χ1n) is 7.67. The average molecular weight is 278 g/mol. The number of benzene rings is 1. The Bertz CT molecular complexity index is 644. The van der Waals surface area contributed by atoms with Crippen LogP contribution < -0.4 is 5.32 Å². The molecule has 108 valence electrons. The molecule has 1 aromatic heterocycles. The van der Waals surface area contributed by atoms with Gasteiger partial charge in [0.1, 0.15) is 0 Å². The molecule has 1 heterocycles. The highest BCUT2D eigenvalue weighted by Gasteiger charge is 2.25. The molecule has 2 aromatic rings. The first-order chi connectivity index (χ1) is 10.3. The van der Waals surface area contributed by atoms with Gasteiger partial charge < -0.3 is 5.32 Å². The summed E-state index contributed by atoms with van der Waals surface area (Å²) in [5.74, 6) is 0.349. The molecular weight excluding hydrogens is 256 g/mol. The Hall–Kier alpha value is -1.93. The van der Waals surface area contributed by atoms with Crippen molar-refractivity contribution in [3.05, 3.63) is 71.1 Å². The molecule has 21 heavy (non-hydrogen) atoms. The maximum absolute atomic E-state index is 4.56. The molecule has 1 atom stereocenters. The Kier molecular flexibility index (Phi) is 4.16. The molecule has 1 aliphatic rings. The van der Waals surface area contributed by atoms with Gasteiger partial charge in [-0.1, -0.05) is 42.8 Å². The van der Waals surface area contributed by atoms with E-state index in [2.05, 4.69) is 53.6 Å². The van der Waals surface area contributed by atoms with Gasteiger partial charge in [0.05, 0.1) is 0 Å². The van der Waals surface area contributed by atoms with Crippen LogP contribution in [0.4, 0.5) is 0 Å². The first kappa shape index (κ1) is 14.0. The second kappa shape index (κ2) is 6.23. The Morgan fingerprint density at radius 3 is 2.71 bits per heavy atom. The van der Waals surface area contributed by atoms with Gasteiger partial charge in [-0.2, -0.15) is 0 Å². The van der Waals surface area contributed by atoms with Crippen LogP contribution in [0, 0.1) is 0 Å². The van der Waals surface area contributed by atoms with Crippen LogP contribution in [0.2, 0.25) is 0 Å². The molecule has 0 aliphatic heterocycles. The van der Waals surface area contributed by atoms with Gasteiger partial charge >= 0.3 is 0 Å². The van der Waals surface area contributed by atoms with Crippen molar-refractivity contribution in [2.45, 2.75) is 25.7 Å². The third-order valence-corrected chi connectivity index (χ3v) is 4.33. The summed E-state index contributed by atoms with van der Waals surface area (Å²) < 4.78 is 0. The zero-order chi connectivity index (χ0) is 14.7. The number of rotatable bonds is 5. The van der Waals surface area contributed by atoms with E-state index in [9.17, 15) is 0 Å². The molecule has 1 aromatic carbocycles. The van der Waals surface area contributed by atoms with Crippen molar-refractivity contribution in [1.29, 1.82) is 0 Å². The van der Waals surface area contributed by atoms with Crippen LogP contribution in [0.3, 0.4) is 0 Å². The van der Waals surface area contributed by atoms with Crippen LogP contribution in [0.1, 0.15) is 36.1 Å². The lowest BCUT2D eigenvalue weighted by molar-refractivity contribution is 0.772. The van der Waals surface area contributed by atoms with Crippen molar-refractivity contribution < 1.29 is 0 Å². The van der Waals surface area contributed by atoms with Gasteiger partial charge in [0.2, 0.25) is 0 Å². The molecule has 0 radical (unpaired) electrons. The summed E-state index contributed by atoms with van der Waals surface area (Å²) in [6.07, 6.45) is 4.09. The van der Waals surface area contributed by atoms with E-state index < -0.39 is 0 Å². The van der Waals surface area contributed by atoms with Gasteiger partial charge in [-0.25, -0.2) is 0 Å². The zero-order valence-electron chi connectivity index (χ0n) is 12.8. The SMILES string of the molecule is CNCCC1=C([C@H](C)c2ccccn2)c2ccccc2C1. The smallest absolute Gasteiger partial charge is 0.0475 e. The number of hydrogen-bond donors (Lipinski definition) is 1. The molecule has 0 saturated heterocycles. The van der Waals surface area contributed by atoms with E-state index in [1.54, 1.807) is 5.57 Å². The molecule has 0 unspecified atom stereocenters. The molecule has 0 fully saturated rings. The largest absolute Gasteiger partial charge is 0.319 e. The standard InChI is InChI=1S/C19H22N2/c1-14(18-9-5-6-11-21-18)19-16(10-12-20-2)13-15-7-3-4-8-17(15)19/h3-9,11,14,20H,10,12-13H2,1-2H3/t14-/m1/s1. The minimum absolute atomic E-state index is 0.349. The number of aromatic nitrogens is 1. The molecule has 0 spiro atoms. The number of pyridine rings is 1. The molecule has 1 aliphatic carbocycles. The van der Waals surface area contributed by atoms with Crippen molar-refractivity contribution in [1.82, 2.24) is 10.3 Å². The monoisotopic (exact) mass is 278 g/mol. The minimum Gasteiger partial charge on any atom is -0.319 e. The van der Waals surface area contributed by atoms with Crippen LogP contribution in [-0.2, 0) is 6.42 Å². The van der Waals surface area contributed by atoms with E-state index in [-0.39, 0.29) is 0 Å². The quantitative estimate of drug-likeness (QED) is 0.899. The number of hydrogen-bond acceptors (Lipinski definition) is 2. The maximum atomic E-state index is 4.56. The van der Waals surface area contributed by atoms with Crippen molar-refractivity contribution in [2.24, 2.45) is 0 Å². The lowest BCUT2D eigenvalue weighted by Gasteiger charge is -2.17. The highest BCUT2D eigenvalue weighted by atomic mass is 14.8. The maximum Gasteiger partial charge on any atom is 0.0475 e. The van der Waals surface area contributed by atoms with Crippen LogP contribution >= 0.6 is 0 Å². The summed E-state index contributed by atoms with van der Waals surface area (Å²) in [5, 5.41) is 3.27. The Morgan fingerprint density at radius 1 is 1.14 bits per heavy atom. The molecule has 2 heteroatoms. The molecule has 2 nitrogen and oxygen atoms in total. The fourth-order valence-corrected chi connectivity index (χ4v) is 3.27. The van der Waals surface area contributed by atoms with E-state index in [0.717, 1.165) is 25.1 Å². The third-order valence-electron chi connectivity index (χ3n) is 4.33. The van der Waals surface area contributed by atoms with Crippen LogP contribution in [0.5, 0.6) is 0 Å². The average Bonchev–Trinajstić information content (AvgIpc) is 2.91. The van der Waals surface area contributed by atoms with Crippen LogP contribution in [-0.4, -0.2) is 18.6 Å². The molecule has 0 saturated carbocycles. The lowest BCUT2D eigenvalue weighted by atomic mass is 9.90. The van der Waals surface area contributed by atoms with E-state index in [0.29, 0.717) is 5.92 Å². The number of fused-ring (bicyclic) bond motifs is 1. The van der Waals surface area contributed by atoms with Crippen molar-refractivity contribution in [3.63, 3.8) is 0 Å². The highest BCUT2D eigenvalue weighted by molar-refractivity contribution is 5.80. The number of allylic oxidation sites excluding steroid dienone is 1. The molecule has 0 bridgehead atoms. The van der Waals surface area contributed by atoms with Gasteiger partial charge in [-0.15, -0.1) is 0 Å². The second-order valence-corrected chi connectivity index (χ2v) is 5.68. The van der Waals surface area contributed by atoms with Crippen LogP contribution in [0.15, 0.2) is 54.2 Å². The fraction of sp³-hybridized carbons (Fsp3) is 0.316. The zero-order valence-corrected chi connectivity index (χ0v) is 12.8. The van der Waals surface area contributed by atoms with E-state index in [1.165, 1.54) is 16.7 Å². The highest BCUT2D eigenvalue weighted by Crippen LogP contribution is 2.42. The van der Waals surface area contributed by atoms with Crippen molar-refractivity contribution in [2.75, 3.05) is 13.6 Å². The normalized spacial score (nSPS) is 15.1. The van der Waals surface area contributed by atoms with E-state index in [1.807, 2.05) is 19.3 Å². The summed E-state index contributed by atoms with van der Waals surface area (Å²) in [7, 11) is 2.02. The van der Waals surface area contributed by atoms with Gasteiger partial charge in [0.15, 0.2) is 0 Å². The van der Waals surface area contributed by atoms with Gasteiger partial charge in [-0.05, 0) is 55.3 Å². The van der Waals surface area contributed by atoms with Crippen LogP contribution in [0.25, 0.3) is 5.57 Å². The van der Waals surface area contributed by atoms with Gasteiger partial charge in [0.25, 0.3) is 0 Å². The fourth-order valence-electron chi connectivity index (χ4n) is 3.27. The molecule has 1 N–H and O–H groups in total. The summed E-state index contributed by atoms with van der Waals surface area (Å²) in [6, 6.07) is 15.0. The summed E-state index contributed by atoms with van der Waals surface area (Å²) >= 11 is 0. The van der Waals surface area contributed by atoms with Gasteiger partial charge in [-0.3, -0.25) is 4.98 Å². The predicted molar refractivity (Wildman–Crippen MR) is 88.3 cm³/mol. The minimum atomic E-state index is 0.349. The Morgan fingerprint density at radius 2 is 1.95 bits per heavy atom. The molecule has 0 amide bonds. The molecular formula is C19H22N2. The lowest BCUT2D eigenvalue weighted by Crippen LogP contribution is -2.09. The van der Waals surface area contributed by atoms with Crippen molar-refractivity contribution in [3.8, 4) is 0 Å². The number of nitrogens with one attached hydrogen (secondary N) is 1. The Labute approximate surface area is 126 Å². The van der Waals surface area contributed by atoms with Crippen molar-refractivity contribution >= 4 is 5.57 Å². The topological polar surface area (TPSA) is 24.9 Å². The third kappa shape index (κ3) is 2.77. The van der Waals surface area contributed by atoms with E-state index >= 15 is 0 Å². The van der Waals surface area contributed by atoms with E-state index in [4.69, 9.17) is 0 Å². The van der Waals surface area contributed by atoms with Gasteiger partial charge in [0, 0.05) is 17.8 Å². The second-order valence-electron chi connectivity index (χ2n) is 5.68. The summed E-state index contributed by atoms with van der Waals surface area (Å²) in [4.78, 5) is 4.56. The predicted octanol–water partition coefficient (Wildman–Crippen LogP) is 3.80. The Balaban J connectivity index is 2.01. The molecule has 3 rings (SSSR count).